The Morgan fingerprint density at radius 2 is 1.61 bits per heavy atom. The van der Waals surface area contributed by atoms with E-state index in [4.69, 9.17) is 9.26 Å². The quantitative estimate of drug-likeness (QED) is 0.485. The van der Waals surface area contributed by atoms with Gasteiger partial charge in [-0.1, -0.05) is 47.6 Å². The highest BCUT2D eigenvalue weighted by molar-refractivity contribution is 5.81. The Kier molecular flexibility index (Phi) is 3.87. The van der Waals surface area contributed by atoms with Gasteiger partial charge >= 0.3 is 0 Å². The van der Waals surface area contributed by atoms with E-state index >= 15 is 0 Å². The Labute approximate surface area is 160 Å². The van der Waals surface area contributed by atoms with Gasteiger partial charge in [-0.05, 0) is 24.3 Å². The van der Waals surface area contributed by atoms with Crippen molar-refractivity contribution in [1.29, 1.82) is 0 Å². The first-order chi connectivity index (χ1) is 13.8. The molecule has 5 rings (SSSR count). The van der Waals surface area contributed by atoms with Crippen LogP contribution in [0.2, 0.25) is 0 Å². The molecule has 0 atom stereocenters. The summed E-state index contributed by atoms with van der Waals surface area (Å²) < 4.78 is 10.7. The maximum atomic E-state index is 5.39. The molecule has 6 heteroatoms. The van der Waals surface area contributed by atoms with Crippen LogP contribution in [0.25, 0.3) is 45.3 Å². The van der Waals surface area contributed by atoms with Gasteiger partial charge in [0.25, 0.3) is 5.89 Å². The van der Waals surface area contributed by atoms with E-state index in [2.05, 4.69) is 20.1 Å². The van der Waals surface area contributed by atoms with Gasteiger partial charge in [-0.15, -0.1) is 0 Å². The first-order valence-electron chi connectivity index (χ1n) is 8.84. The predicted molar refractivity (Wildman–Crippen MR) is 107 cm³/mol. The van der Waals surface area contributed by atoms with Crippen LogP contribution in [0.15, 0.2) is 77.3 Å². The van der Waals surface area contributed by atoms with E-state index in [0.717, 1.165) is 39.3 Å². The highest BCUT2D eigenvalue weighted by Crippen LogP contribution is 2.26. The molecule has 0 radical (unpaired) electrons. The number of rotatable bonds is 4. The van der Waals surface area contributed by atoms with Gasteiger partial charge in [-0.3, -0.25) is 0 Å². The highest BCUT2D eigenvalue weighted by atomic mass is 16.5. The second-order valence-corrected chi connectivity index (χ2v) is 6.34. The smallest absolute Gasteiger partial charge is 0.258 e. The van der Waals surface area contributed by atoms with Crippen LogP contribution < -0.4 is 4.74 Å². The Bertz CT molecular complexity index is 1240. The standard InChI is InChI=1S/C22H16N4O2/c1-27-17-11-12-18-19(13-17)24-20(23-18)14-7-9-15(10-8-14)21-25-22(28-26-21)16-5-3-2-4-6-16/h2-13H,1H3,(H,23,24). The Hall–Kier alpha value is -3.93. The van der Waals surface area contributed by atoms with Gasteiger partial charge in [0.15, 0.2) is 0 Å². The normalized spacial score (nSPS) is 11.0. The topological polar surface area (TPSA) is 76.8 Å². The summed E-state index contributed by atoms with van der Waals surface area (Å²) in [6, 6.07) is 23.4. The van der Waals surface area contributed by atoms with Crippen molar-refractivity contribution in [2.75, 3.05) is 7.11 Å². The molecule has 0 fully saturated rings. The predicted octanol–water partition coefficient (Wildman–Crippen LogP) is 4.96. The van der Waals surface area contributed by atoms with Crippen LogP contribution in [0.3, 0.4) is 0 Å². The molecular formula is C22H16N4O2. The van der Waals surface area contributed by atoms with Gasteiger partial charge in [0.1, 0.15) is 11.6 Å². The van der Waals surface area contributed by atoms with Crippen molar-refractivity contribution in [2.45, 2.75) is 0 Å². The van der Waals surface area contributed by atoms with Gasteiger partial charge in [0.05, 0.1) is 18.1 Å². The molecule has 0 amide bonds. The first kappa shape index (κ1) is 16.3. The number of fused-ring (bicyclic) bond motifs is 1. The maximum absolute atomic E-state index is 5.39. The van der Waals surface area contributed by atoms with Crippen molar-refractivity contribution in [2.24, 2.45) is 0 Å². The van der Waals surface area contributed by atoms with Crippen molar-refractivity contribution in [1.82, 2.24) is 20.1 Å². The molecule has 1 N–H and O–H groups in total. The SMILES string of the molecule is COc1ccc2nc(-c3ccc(-c4noc(-c5ccccc5)n4)cc3)[nH]c2c1. The van der Waals surface area contributed by atoms with Crippen LogP contribution in [0.5, 0.6) is 5.75 Å². The molecule has 0 aliphatic rings. The molecule has 3 aromatic carbocycles. The van der Waals surface area contributed by atoms with Crippen molar-refractivity contribution in [3.05, 3.63) is 72.8 Å². The number of aromatic amines is 1. The second kappa shape index (κ2) is 6.66. The van der Waals surface area contributed by atoms with Crippen LogP contribution in [0, 0.1) is 0 Å². The largest absolute Gasteiger partial charge is 0.497 e. The van der Waals surface area contributed by atoms with E-state index in [0.29, 0.717) is 11.7 Å². The molecule has 136 valence electrons. The molecule has 0 saturated carbocycles. The number of methoxy groups -OCH3 is 1. The summed E-state index contributed by atoms with van der Waals surface area (Å²) in [6.07, 6.45) is 0. The van der Waals surface area contributed by atoms with E-state index in [1.165, 1.54) is 0 Å². The summed E-state index contributed by atoms with van der Waals surface area (Å²) in [6.45, 7) is 0. The van der Waals surface area contributed by atoms with Crippen molar-refractivity contribution < 1.29 is 9.26 Å². The number of H-pyrrole nitrogens is 1. The number of ether oxygens (including phenoxy) is 1. The zero-order chi connectivity index (χ0) is 18.9. The van der Waals surface area contributed by atoms with Gasteiger partial charge in [-0.25, -0.2) is 4.98 Å². The summed E-state index contributed by atoms with van der Waals surface area (Å²) in [5, 5.41) is 4.10. The molecule has 6 nitrogen and oxygen atoms in total. The molecule has 28 heavy (non-hydrogen) atoms. The highest BCUT2D eigenvalue weighted by Gasteiger charge is 2.11. The van der Waals surface area contributed by atoms with Crippen LogP contribution in [0.4, 0.5) is 0 Å². The Morgan fingerprint density at radius 3 is 2.39 bits per heavy atom. The lowest BCUT2D eigenvalue weighted by atomic mass is 10.1. The third-order valence-electron chi connectivity index (χ3n) is 4.55. The first-order valence-corrected chi connectivity index (χ1v) is 8.84. The van der Waals surface area contributed by atoms with E-state index in [1.807, 2.05) is 72.8 Å². The molecule has 0 aliphatic carbocycles. The lowest BCUT2D eigenvalue weighted by Gasteiger charge is -1.98. The molecular weight excluding hydrogens is 352 g/mol. The van der Waals surface area contributed by atoms with Gasteiger partial charge in [0, 0.05) is 22.8 Å². The lowest BCUT2D eigenvalue weighted by molar-refractivity contribution is 0.415. The molecule has 0 unspecified atom stereocenters. The number of nitrogens with one attached hydrogen (secondary N) is 1. The molecule has 0 spiro atoms. The third kappa shape index (κ3) is 2.91. The van der Waals surface area contributed by atoms with E-state index < -0.39 is 0 Å². The number of imidazole rings is 1. The van der Waals surface area contributed by atoms with Crippen LogP contribution in [0.1, 0.15) is 0 Å². The number of nitrogens with zero attached hydrogens (tertiary/aromatic N) is 3. The van der Waals surface area contributed by atoms with Gasteiger partial charge in [0.2, 0.25) is 5.82 Å². The third-order valence-corrected chi connectivity index (χ3v) is 4.55. The fourth-order valence-electron chi connectivity index (χ4n) is 3.07. The van der Waals surface area contributed by atoms with E-state index in [9.17, 15) is 0 Å². The van der Waals surface area contributed by atoms with Crippen molar-refractivity contribution in [3.63, 3.8) is 0 Å². The summed E-state index contributed by atoms with van der Waals surface area (Å²) in [5.74, 6) is 2.66. The van der Waals surface area contributed by atoms with E-state index in [1.54, 1.807) is 7.11 Å². The molecule has 0 saturated heterocycles. The number of hydrogen-bond donors (Lipinski definition) is 1. The average Bonchev–Trinajstić information content (AvgIpc) is 3.41. The van der Waals surface area contributed by atoms with Crippen molar-refractivity contribution >= 4 is 11.0 Å². The summed E-state index contributed by atoms with van der Waals surface area (Å²) in [5.41, 5.74) is 4.59. The fourth-order valence-corrected chi connectivity index (χ4v) is 3.07. The monoisotopic (exact) mass is 368 g/mol. The Balaban J connectivity index is 1.44. The summed E-state index contributed by atoms with van der Waals surface area (Å²) >= 11 is 0. The van der Waals surface area contributed by atoms with Crippen LogP contribution in [-0.2, 0) is 0 Å². The molecule has 0 bridgehead atoms. The average molecular weight is 368 g/mol. The zero-order valence-electron chi connectivity index (χ0n) is 15.1. The minimum absolute atomic E-state index is 0.505. The zero-order valence-corrected chi connectivity index (χ0v) is 15.1. The molecule has 5 aromatic rings. The van der Waals surface area contributed by atoms with Gasteiger partial charge < -0.3 is 14.2 Å². The van der Waals surface area contributed by atoms with Crippen molar-refractivity contribution in [3.8, 4) is 40.0 Å². The second-order valence-electron chi connectivity index (χ2n) is 6.34. The van der Waals surface area contributed by atoms with Crippen LogP contribution in [-0.4, -0.2) is 27.2 Å². The number of hydrogen-bond acceptors (Lipinski definition) is 5. The lowest BCUT2D eigenvalue weighted by Crippen LogP contribution is -1.84. The minimum Gasteiger partial charge on any atom is -0.497 e. The number of benzene rings is 3. The summed E-state index contributed by atoms with van der Waals surface area (Å²) in [7, 11) is 1.65. The molecule has 2 aromatic heterocycles. The summed E-state index contributed by atoms with van der Waals surface area (Å²) in [4.78, 5) is 12.5. The van der Waals surface area contributed by atoms with Gasteiger partial charge in [-0.2, -0.15) is 4.98 Å². The minimum atomic E-state index is 0.505. The maximum Gasteiger partial charge on any atom is 0.258 e. The fraction of sp³-hybridized carbons (Fsp3) is 0.0455. The molecule has 2 heterocycles. The molecule has 0 aliphatic heterocycles. The van der Waals surface area contributed by atoms with Crippen LogP contribution >= 0.6 is 0 Å². The van der Waals surface area contributed by atoms with E-state index in [-0.39, 0.29) is 0 Å². The Morgan fingerprint density at radius 1 is 0.821 bits per heavy atom. The number of aromatic nitrogens is 4.